The summed E-state index contributed by atoms with van der Waals surface area (Å²) in [5, 5.41) is 0. The van der Waals surface area contributed by atoms with Gasteiger partial charge in [-0.2, -0.15) is 0 Å². The molecule has 12 heavy (non-hydrogen) atoms. The zero-order valence-corrected chi connectivity index (χ0v) is 11.6. The summed E-state index contributed by atoms with van der Waals surface area (Å²) >= 11 is -3.27. The van der Waals surface area contributed by atoms with Gasteiger partial charge in [0.1, 0.15) is 0 Å². The monoisotopic (exact) mass is 266 g/mol. The number of hydrogen-bond donors (Lipinski definition) is 0. The Morgan fingerprint density at radius 1 is 0.917 bits per heavy atom. The standard InChI is InChI=1S/3C2H5O.ClH.2Ti/c3*1-2-3;;;/h3*2H2,1H3;1H;;/q3*-1;;;+4/p-1. The molecule has 0 N–H and O–H groups in total. The van der Waals surface area contributed by atoms with Crippen LogP contribution in [0.15, 0.2) is 0 Å². The quantitative estimate of drug-likeness (QED) is 0.689. The largest absolute Gasteiger partial charge is 0 e. The van der Waals surface area contributed by atoms with E-state index in [4.69, 9.17) is 19.3 Å². The number of hydrogen-bond acceptors (Lipinski definition) is 3. The van der Waals surface area contributed by atoms with Crippen molar-refractivity contribution in [3.8, 4) is 0 Å². The van der Waals surface area contributed by atoms with E-state index in [1.807, 2.05) is 20.8 Å². The zero-order valence-electron chi connectivity index (χ0n) is 7.72. The van der Waals surface area contributed by atoms with E-state index >= 15 is 0 Å². The van der Waals surface area contributed by atoms with Crippen LogP contribution in [-0.4, -0.2) is 19.8 Å². The molecule has 0 radical (unpaired) electrons. The van der Waals surface area contributed by atoms with Crippen molar-refractivity contribution in [3.63, 3.8) is 0 Å². The molecule has 0 heterocycles. The van der Waals surface area contributed by atoms with Crippen LogP contribution in [0.4, 0.5) is 0 Å². The van der Waals surface area contributed by atoms with Gasteiger partial charge in [-0.1, -0.05) is 0 Å². The van der Waals surface area contributed by atoms with Crippen molar-refractivity contribution >= 4 is 9.30 Å². The minimum atomic E-state index is -3.27. The third kappa shape index (κ3) is 7.05. The molecule has 3 nitrogen and oxygen atoms in total. The molecule has 0 unspecified atom stereocenters. The molecule has 0 saturated carbocycles. The molecule has 0 bridgehead atoms. The third-order valence-electron chi connectivity index (χ3n) is 0.950. The normalized spacial score (nSPS) is 11.0. The predicted molar refractivity (Wildman–Crippen MR) is 40.7 cm³/mol. The first kappa shape index (κ1) is 16.0. The van der Waals surface area contributed by atoms with Gasteiger partial charge in [0.15, 0.2) is 0 Å². The molecule has 0 aliphatic rings. The summed E-state index contributed by atoms with van der Waals surface area (Å²) in [5.41, 5.74) is 0. The van der Waals surface area contributed by atoms with E-state index in [0.29, 0.717) is 19.8 Å². The van der Waals surface area contributed by atoms with Crippen molar-refractivity contribution in [2.24, 2.45) is 0 Å². The van der Waals surface area contributed by atoms with E-state index in [-0.39, 0.29) is 21.7 Å². The second-order valence-electron chi connectivity index (χ2n) is 1.78. The van der Waals surface area contributed by atoms with Crippen LogP contribution in [0.3, 0.4) is 0 Å². The summed E-state index contributed by atoms with van der Waals surface area (Å²) in [6.07, 6.45) is 0. The van der Waals surface area contributed by atoms with Crippen LogP contribution in [-0.2, 0) is 48.4 Å². The van der Waals surface area contributed by atoms with E-state index in [9.17, 15) is 0 Å². The molecular weight excluding hydrogens is 251 g/mol. The Morgan fingerprint density at radius 2 is 1.17 bits per heavy atom. The molecule has 0 aromatic rings. The molecule has 0 spiro atoms. The molecule has 0 aliphatic heterocycles. The van der Waals surface area contributed by atoms with Crippen LogP contribution in [0.25, 0.3) is 0 Å². The fourth-order valence-electron chi connectivity index (χ4n) is 0.642. The number of halogens is 1. The van der Waals surface area contributed by atoms with E-state index in [0.717, 1.165) is 0 Å². The fraction of sp³-hybridized carbons (Fsp3) is 1.00. The fourth-order valence-corrected chi connectivity index (χ4v) is 4.00. The number of rotatable bonds is 6. The van der Waals surface area contributed by atoms with Gasteiger partial charge in [-0.25, -0.2) is 0 Å². The molecule has 0 aliphatic carbocycles. The Labute approximate surface area is 97.6 Å². The molecular formula is C6H15ClO3Ti2. The maximum atomic E-state index is 5.96. The van der Waals surface area contributed by atoms with Crippen molar-refractivity contribution in [1.29, 1.82) is 0 Å². The van der Waals surface area contributed by atoms with Crippen molar-refractivity contribution < 1.29 is 48.4 Å². The average molecular weight is 266 g/mol. The Bertz CT molecular complexity index is 87.8. The molecule has 0 atom stereocenters. The van der Waals surface area contributed by atoms with Crippen LogP contribution >= 0.6 is 9.30 Å². The first-order valence-electron chi connectivity index (χ1n) is 3.79. The summed E-state index contributed by atoms with van der Waals surface area (Å²) in [6, 6.07) is 0. The topological polar surface area (TPSA) is 27.7 Å². The SMILES string of the molecule is CC[O][Ti]([Cl])([O]CC)[O]CC.[Ti]. The van der Waals surface area contributed by atoms with Gasteiger partial charge in [0.2, 0.25) is 0 Å². The minimum Gasteiger partial charge on any atom is 0 e. The smallest absolute Gasteiger partial charge is 0 e. The Hall–Kier alpha value is 1.60. The van der Waals surface area contributed by atoms with Crippen LogP contribution in [0.1, 0.15) is 20.8 Å². The summed E-state index contributed by atoms with van der Waals surface area (Å²) in [4.78, 5) is 0. The van der Waals surface area contributed by atoms with Crippen LogP contribution < -0.4 is 0 Å². The molecule has 0 aromatic carbocycles. The van der Waals surface area contributed by atoms with Crippen LogP contribution in [0.2, 0.25) is 0 Å². The van der Waals surface area contributed by atoms with Gasteiger partial charge in [-0.3, -0.25) is 0 Å². The van der Waals surface area contributed by atoms with Gasteiger partial charge in [-0.15, -0.1) is 0 Å². The zero-order chi connectivity index (χ0) is 8.74. The molecule has 0 amide bonds. The summed E-state index contributed by atoms with van der Waals surface area (Å²) in [7, 11) is 5.96. The van der Waals surface area contributed by atoms with Gasteiger partial charge in [0.25, 0.3) is 0 Å². The first-order chi connectivity index (χ1) is 5.18. The Kier molecular flexibility index (Phi) is 12.3. The molecule has 0 rings (SSSR count). The van der Waals surface area contributed by atoms with E-state index in [2.05, 4.69) is 0 Å². The molecule has 0 saturated heterocycles. The summed E-state index contributed by atoms with van der Waals surface area (Å²) in [6.45, 7) is 7.26. The van der Waals surface area contributed by atoms with Crippen molar-refractivity contribution in [1.82, 2.24) is 0 Å². The summed E-state index contributed by atoms with van der Waals surface area (Å²) in [5.74, 6) is 0. The minimum absolute atomic E-state index is 0. The van der Waals surface area contributed by atoms with Gasteiger partial charge in [0, 0.05) is 21.7 Å². The van der Waals surface area contributed by atoms with Crippen molar-refractivity contribution in [2.75, 3.05) is 19.8 Å². The average Bonchev–Trinajstić information content (AvgIpc) is 1.88. The van der Waals surface area contributed by atoms with Crippen molar-refractivity contribution in [3.05, 3.63) is 0 Å². The molecule has 0 aromatic heterocycles. The van der Waals surface area contributed by atoms with Gasteiger partial charge in [-0.05, 0) is 0 Å². The molecule has 0 fully saturated rings. The Balaban J connectivity index is 0. The van der Waals surface area contributed by atoms with E-state index < -0.39 is 16.7 Å². The molecule has 72 valence electrons. The van der Waals surface area contributed by atoms with E-state index in [1.165, 1.54) is 0 Å². The van der Waals surface area contributed by atoms with Gasteiger partial charge in [0.05, 0.1) is 0 Å². The van der Waals surface area contributed by atoms with Gasteiger partial charge < -0.3 is 0 Å². The van der Waals surface area contributed by atoms with Gasteiger partial charge >= 0.3 is 76.5 Å². The molecule has 6 heteroatoms. The third-order valence-corrected chi connectivity index (χ3v) is 5.27. The van der Waals surface area contributed by atoms with E-state index in [1.54, 1.807) is 0 Å². The second-order valence-corrected chi connectivity index (χ2v) is 6.55. The van der Waals surface area contributed by atoms with Crippen molar-refractivity contribution in [2.45, 2.75) is 20.8 Å². The first-order valence-corrected chi connectivity index (χ1v) is 7.85. The van der Waals surface area contributed by atoms with Crippen LogP contribution in [0, 0.1) is 0 Å². The Morgan fingerprint density at radius 3 is 1.33 bits per heavy atom. The summed E-state index contributed by atoms with van der Waals surface area (Å²) < 4.78 is 15.7. The predicted octanol–water partition coefficient (Wildman–Crippen LogP) is 2.15. The van der Waals surface area contributed by atoms with Crippen LogP contribution in [0.5, 0.6) is 0 Å². The maximum Gasteiger partial charge on any atom is 0 e. The second kappa shape index (κ2) is 9.17. The maximum absolute atomic E-state index is 5.96.